The van der Waals surface area contributed by atoms with Gasteiger partial charge in [-0.2, -0.15) is 5.10 Å². The van der Waals surface area contributed by atoms with Crippen LogP contribution in [0.4, 0.5) is 0 Å². The molecule has 0 amide bonds. The maximum atomic E-state index is 11.2. The molecule has 0 bridgehead atoms. The van der Waals surface area contributed by atoms with Crippen molar-refractivity contribution in [3.63, 3.8) is 0 Å². The second kappa shape index (κ2) is 4.14. The van der Waals surface area contributed by atoms with Gasteiger partial charge in [0.1, 0.15) is 9.71 Å². The van der Waals surface area contributed by atoms with E-state index in [1.807, 2.05) is 18.2 Å². The van der Waals surface area contributed by atoms with Crippen molar-refractivity contribution >= 4 is 27.5 Å². The summed E-state index contributed by atoms with van der Waals surface area (Å²) in [6.07, 6.45) is 3.98. The molecule has 1 aliphatic rings. The standard InChI is InChI=1S/C14H11N3O2S/c18-14(19)10-7-9-12(8-4-5-8)16-17(13(9)20-10)11-3-1-2-6-15-11/h1-3,6-8H,4-5H2,(H,18,19). The fraction of sp³-hybridized carbons (Fsp3) is 0.214. The van der Waals surface area contributed by atoms with Crippen LogP contribution in [0.3, 0.4) is 0 Å². The molecule has 0 aliphatic heterocycles. The summed E-state index contributed by atoms with van der Waals surface area (Å²) >= 11 is 1.25. The fourth-order valence-corrected chi connectivity index (χ4v) is 3.29. The maximum Gasteiger partial charge on any atom is 0.345 e. The van der Waals surface area contributed by atoms with Crippen molar-refractivity contribution < 1.29 is 9.90 Å². The number of hydrogen-bond acceptors (Lipinski definition) is 4. The number of carboxylic acids is 1. The monoisotopic (exact) mass is 285 g/mol. The zero-order valence-corrected chi connectivity index (χ0v) is 11.3. The number of rotatable bonds is 3. The number of nitrogens with zero attached hydrogens (tertiary/aromatic N) is 3. The van der Waals surface area contributed by atoms with E-state index in [9.17, 15) is 9.90 Å². The van der Waals surface area contributed by atoms with Crippen LogP contribution in [0.15, 0.2) is 30.5 Å². The van der Waals surface area contributed by atoms with E-state index in [1.54, 1.807) is 16.9 Å². The van der Waals surface area contributed by atoms with Gasteiger partial charge < -0.3 is 5.11 Å². The van der Waals surface area contributed by atoms with Gasteiger partial charge in [0.05, 0.1) is 5.69 Å². The van der Waals surface area contributed by atoms with Crippen molar-refractivity contribution in [3.05, 3.63) is 41.0 Å². The lowest BCUT2D eigenvalue weighted by Crippen LogP contribution is -1.99. The summed E-state index contributed by atoms with van der Waals surface area (Å²) in [5.74, 6) is 0.308. The SMILES string of the molecule is O=C(O)c1cc2c(C3CC3)nn(-c3ccccn3)c2s1. The van der Waals surface area contributed by atoms with Crippen molar-refractivity contribution in [1.82, 2.24) is 14.8 Å². The van der Waals surface area contributed by atoms with Gasteiger partial charge in [-0.3, -0.25) is 0 Å². The van der Waals surface area contributed by atoms with Gasteiger partial charge in [0, 0.05) is 17.5 Å². The van der Waals surface area contributed by atoms with Gasteiger partial charge in [-0.05, 0) is 31.0 Å². The third-order valence-electron chi connectivity index (χ3n) is 3.43. The number of hydrogen-bond donors (Lipinski definition) is 1. The molecule has 0 unspecified atom stereocenters. The molecule has 100 valence electrons. The third kappa shape index (κ3) is 1.72. The lowest BCUT2D eigenvalue weighted by Gasteiger charge is -1.99. The van der Waals surface area contributed by atoms with Crippen molar-refractivity contribution in [2.75, 3.05) is 0 Å². The molecular formula is C14H11N3O2S. The van der Waals surface area contributed by atoms with Crippen LogP contribution in [-0.4, -0.2) is 25.8 Å². The van der Waals surface area contributed by atoms with Crippen molar-refractivity contribution in [3.8, 4) is 5.82 Å². The average molecular weight is 285 g/mol. The number of pyridine rings is 1. The fourth-order valence-electron chi connectivity index (χ4n) is 2.33. The van der Waals surface area contributed by atoms with Crippen LogP contribution in [0.2, 0.25) is 0 Å². The Bertz CT molecular complexity index is 803. The van der Waals surface area contributed by atoms with Gasteiger partial charge in [0.15, 0.2) is 5.82 Å². The number of carbonyl (C=O) groups is 1. The molecule has 0 spiro atoms. The Labute approximate surface area is 118 Å². The summed E-state index contributed by atoms with van der Waals surface area (Å²) in [6, 6.07) is 7.37. The summed E-state index contributed by atoms with van der Waals surface area (Å²) in [6.45, 7) is 0. The van der Waals surface area contributed by atoms with E-state index in [1.165, 1.54) is 11.3 Å². The minimum Gasteiger partial charge on any atom is -0.477 e. The van der Waals surface area contributed by atoms with Crippen LogP contribution in [-0.2, 0) is 0 Å². The van der Waals surface area contributed by atoms with E-state index < -0.39 is 5.97 Å². The van der Waals surface area contributed by atoms with Gasteiger partial charge in [0.2, 0.25) is 0 Å². The highest BCUT2D eigenvalue weighted by atomic mass is 32.1. The van der Waals surface area contributed by atoms with Crippen LogP contribution < -0.4 is 0 Å². The molecule has 0 aromatic carbocycles. The van der Waals surface area contributed by atoms with Crippen LogP contribution in [0, 0.1) is 0 Å². The molecule has 1 saturated carbocycles. The first kappa shape index (κ1) is 11.6. The van der Waals surface area contributed by atoms with E-state index in [4.69, 9.17) is 0 Å². The average Bonchev–Trinajstić information content (AvgIpc) is 3.09. The van der Waals surface area contributed by atoms with E-state index in [2.05, 4.69) is 10.1 Å². The molecule has 0 atom stereocenters. The largest absolute Gasteiger partial charge is 0.477 e. The van der Waals surface area contributed by atoms with Gasteiger partial charge in [-0.1, -0.05) is 6.07 Å². The zero-order valence-electron chi connectivity index (χ0n) is 10.5. The van der Waals surface area contributed by atoms with Gasteiger partial charge in [-0.15, -0.1) is 11.3 Å². The predicted octanol–water partition coefficient (Wildman–Crippen LogP) is 3.06. The van der Waals surface area contributed by atoms with Crippen LogP contribution in [0.5, 0.6) is 0 Å². The second-order valence-electron chi connectivity index (χ2n) is 4.89. The molecule has 1 N–H and O–H groups in total. The Balaban J connectivity index is 1.98. The first-order valence-electron chi connectivity index (χ1n) is 6.41. The Kier molecular flexibility index (Phi) is 2.40. The molecule has 3 aromatic heterocycles. The molecular weight excluding hydrogens is 274 g/mol. The number of aromatic nitrogens is 3. The molecule has 5 nitrogen and oxygen atoms in total. The molecule has 0 saturated heterocycles. The molecule has 6 heteroatoms. The van der Waals surface area contributed by atoms with Crippen molar-refractivity contribution in [2.45, 2.75) is 18.8 Å². The van der Waals surface area contributed by atoms with Gasteiger partial charge >= 0.3 is 5.97 Å². The summed E-state index contributed by atoms with van der Waals surface area (Å²) < 4.78 is 1.76. The summed E-state index contributed by atoms with van der Waals surface area (Å²) in [7, 11) is 0. The quantitative estimate of drug-likeness (QED) is 0.803. The molecule has 1 aliphatic carbocycles. The number of fused-ring (bicyclic) bond motifs is 1. The topological polar surface area (TPSA) is 68.0 Å². The van der Waals surface area contributed by atoms with E-state index in [0.717, 1.165) is 34.6 Å². The normalized spacial score (nSPS) is 14.8. The Morgan fingerprint density at radius 2 is 2.25 bits per heavy atom. The molecule has 1 fully saturated rings. The highest BCUT2D eigenvalue weighted by Crippen LogP contribution is 2.44. The highest BCUT2D eigenvalue weighted by molar-refractivity contribution is 7.20. The molecule has 3 heterocycles. The van der Waals surface area contributed by atoms with E-state index in [-0.39, 0.29) is 0 Å². The second-order valence-corrected chi connectivity index (χ2v) is 5.92. The summed E-state index contributed by atoms with van der Waals surface area (Å²) in [4.78, 5) is 16.7. The van der Waals surface area contributed by atoms with Gasteiger partial charge in [-0.25, -0.2) is 14.5 Å². The van der Waals surface area contributed by atoms with E-state index in [0.29, 0.717) is 10.8 Å². The zero-order chi connectivity index (χ0) is 13.7. The highest BCUT2D eigenvalue weighted by Gasteiger charge is 2.31. The first-order chi connectivity index (χ1) is 9.74. The number of aromatic carboxylic acids is 1. The molecule has 3 aromatic rings. The number of thiophene rings is 1. The van der Waals surface area contributed by atoms with Crippen molar-refractivity contribution in [2.24, 2.45) is 0 Å². The predicted molar refractivity (Wildman–Crippen MR) is 75.7 cm³/mol. The van der Waals surface area contributed by atoms with Crippen LogP contribution in [0.1, 0.15) is 34.1 Å². The van der Waals surface area contributed by atoms with Crippen LogP contribution in [0.25, 0.3) is 16.0 Å². The lowest BCUT2D eigenvalue weighted by atomic mass is 10.2. The number of carboxylic acid groups (broad SMARTS) is 1. The summed E-state index contributed by atoms with van der Waals surface area (Å²) in [5, 5.41) is 14.8. The Hall–Kier alpha value is -2.21. The van der Waals surface area contributed by atoms with Crippen molar-refractivity contribution in [1.29, 1.82) is 0 Å². The summed E-state index contributed by atoms with van der Waals surface area (Å²) in [5.41, 5.74) is 1.01. The Morgan fingerprint density at radius 1 is 1.40 bits per heavy atom. The minimum absolute atomic E-state index is 0.351. The lowest BCUT2D eigenvalue weighted by molar-refractivity contribution is 0.0702. The smallest absolute Gasteiger partial charge is 0.345 e. The molecule has 0 radical (unpaired) electrons. The van der Waals surface area contributed by atoms with Crippen LogP contribution >= 0.6 is 11.3 Å². The first-order valence-corrected chi connectivity index (χ1v) is 7.23. The minimum atomic E-state index is -0.888. The molecule has 20 heavy (non-hydrogen) atoms. The Morgan fingerprint density at radius 3 is 2.90 bits per heavy atom. The third-order valence-corrected chi connectivity index (χ3v) is 4.53. The maximum absolute atomic E-state index is 11.2. The molecule has 4 rings (SSSR count). The van der Waals surface area contributed by atoms with E-state index >= 15 is 0 Å². The van der Waals surface area contributed by atoms with Gasteiger partial charge in [0.25, 0.3) is 0 Å².